The minimum Gasteiger partial charge on any atom is -0.374 e. The molecule has 0 saturated heterocycles. The fourth-order valence-electron chi connectivity index (χ4n) is 1.82. The fraction of sp³-hybridized carbons (Fsp3) is 0.154. The van der Waals surface area contributed by atoms with Crippen LogP contribution in [0, 0.1) is 22.1 Å². The van der Waals surface area contributed by atoms with Crippen molar-refractivity contribution < 1.29 is 18.1 Å². The van der Waals surface area contributed by atoms with Gasteiger partial charge in [-0.2, -0.15) is 0 Å². The summed E-state index contributed by atoms with van der Waals surface area (Å²) in [6.45, 7) is -0.723. The third-order valence-electron chi connectivity index (χ3n) is 2.63. The van der Waals surface area contributed by atoms with Crippen molar-refractivity contribution in [1.82, 2.24) is 4.98 Å². The smallest absolute Gasteiger partial charge is 0.300 e. The first-order chi connectivity index (χ1) is 9.99. The van der Waals surface area contributed by atoms with E-state index < -0.39 is 29.4 Å². The Balaban J connectivity index is 2.51. The molecular weight excluding hydrogens is 287 g/mol. The van der Waals surface area contributed by atoms with E-state index >= 15 is 0 Å². The molecule has 0 atom stereocenters. The normalized spacial score (nSPS) is 10.7. The Bertz CT molecular complexity index is 665. The number of nitro groups is 1. The van der Waals surface area contributed by atoms with Gasteiger partial charge in [0.25, 0.3) is 12.1 Å². The number of nitro benzene ring substituents is 1. The van der Waals surface area contributed by atoms with Crippen molar-refractivity contribution >= 4 is 11.4 Å². The van der Waals surface area contributed by atoms with Crippen LogP contribution in [0.25, 0.3) is 11.1 Å². The first-order valence-electron chi connectivity index (χ1n) is 5.82. The predicted molar refractivity (Wildman–Crippen MR) is 69.6 cm³/mol. The molecule has 1 aromatic carbocycles. The highest BCUT2D eigenvalue weighted by Gasteiger charge is 2.21. The number of alkyl halides is 2. The van der Waals surface area contributed by atoms with Gasteiger partial charge in [0, 0.05) is 11.8 Å². The molecule has 8 heteroatoms. The van der Waals surface area contributed by atoms with Crippen LogP contribution in [-0.2, 0) is 0 Å². The molecule has 0 aliphatic rings. The molecule has 0 unspecified atom stereocenters. The zero-order valence-electron chi connectivity index (χ0n) is 10.5. The Morgan fingerprint density at radius 1 is 1.43 bits per heavy atom. The number of rotatable bonds is 5. The summed E-state index contributed by atoms with van der Waals surface area (Å²) in [5, 5.41) is 13.5. The van der Waals surface area contributed by atoms with E-state index in [1.807, 2.05) is 6.20 Å². The molecule has 0 spiro atoms. The second-order valence-electron chi connectivity index (χ2n) is 4.05. The van der Waals surface area contributed by atoms with E-state index in [1.54, 1.807) is 0 Å². The van der Waals surface area contributed by atoms with Gasteiger partial charge in [-0.05, 0) is 18.2 Å². The van der Waals surface area contributed by atoms with Crippen LogP contribution in [0.3, 0.4) is 0 Å². The molecule has 109 valence electrons. The summed E-state index contributed by atoms with van der Waals surface area (Å²) in [6, 6.07) is 5.18. The van der Waals surface area contributed by atoms with E-state index in [4.69, 9.17) is 0 Å². The molecule has 0 saturated carbocycles. The van der Waals surface area contributed by atoms with E-state index in [0.29, 0.717) is 0 Å². The molecule has 5 nitrogen and oxygen atoms in total. The van der Waals surface area contributed by atoms with Crippen molar-refractivity contribution in [3.63, 3.8) is 0 Å². The number of nitrogens with one attached hydrogen (secondary N) is 1. The highest BCUT2D eigenvalue weighted by molar-refractivity contribution is 5.81. The van der Waals surface area contributed by atoms with E-state index in [-0.39, 0.29) is 16.8 Å². The first kappa shape index (κ1) is 14.8. The van der Waals surface area contributed by atoms with Crippen molar-refractivity contribution in [2.45, 2.75) is 6.43 Å². The van der Waals surface area contributed by atoms with E-state index in [2.05, 4.69) is 10.3 Å². The van der Waals surface area contributed by atoms with Crippen LogP contribution < -0.4 is 5.32 Å². The number of hydrogen-bond donors (Lipinski definition) is 1. The molecule has 0 fully saturated rings. The molecule has 21 heavy (non-hydrogen) atoms. The van der Waals surface area contributed by atoms with E-state index in [0.717, 1.165) is 6.07 Å². The van der Waals surface area contributed by atoms with Gasteiger partial charge in [0.1, 0.15) is 11.9 Å². The van der Waals surface area contributed by atoms with Crippen molar-refractivity contribution in [1.29, 1.82) is 0 Å². The third-order valence-corrected chi connectivity index (χ3v) is 2.63. The van der Waals surface area contributed by atoms with Crippen molar-refractivity contribution in [3.05, 3.63) is 52.6 Å². The molecular formula is C13H9F3N3O2. The van der Waals surface area contributed by atoms with E-state index in [1.165, 1.54) is 24.4 Å². The lowest BCUT2D eigenvalue weighted by Gasteiger charge is -2.10. The van der Waals surface area contributed by atoms with Crippen molar-refractivity contribution in [2.75, 3.05) is 11.9 Å². The molecule has 1 heterocycles. The number of nitrogens with zero attached hydrogens (tertiary/aromatic N) is 2. The summed E-state index contributed by atoms with van der Waals surface area (Å²) in [5.74, 6) is -0.771. The van der Waals surface area contributed by atoms with Crippen LogP contribution in [0.2, 0.25) is 0 Å². The SMILES string of the molecule is O=[N+]([O-])c1c(NCC(F)F)cccc1-c1cn[c]c(F)c1. The summed E-state index contributed by atoms with van der Waals surface area (Å²) in [7, 11) is 0. The minimum absolute atomic E-state index is 0.0639. The molecule has 1 aromatic heterocycles. The molecule has 0 amide bonds. The maximum Gasteiger partial charge on any atom is 0.300 e. The number of hydrogen-bond acceptors (Lipinski definition) is 4. The van der Waals surface area contributed by atoms with Gasteiger partial charge in [-0.25, -0.2) is 13.2 Å². The molecule has 2 aromatic rings. The van der Waals surface area contributed by atoms with Gasteiger partial charge in [-0.3, -0.25) is 15.1 Å². The third kappa shape index (κ3) is 3.47. The van der Waals surface area contributed by atoms with Gasteiger partial charge in [-0.1, -0.05) is 6.07 Å². The predicted octanol–water partition coefficient (Wildman–Crippen LogP) is 3.27. The largest absolute Gasteiger partial charge is 0.374 e. The van der Waals surface area contributed by atoms with Gasteiger partial charge in [0.05, 0.1) is 17.0 Å². The zero-order chi connectivity index (χ0) is 15.4. The van der Waals surface area contributed by atoms with Gasteiger partial charge >= 0.3 is 0 Å². The molecule has 1 N–H and O–H groups in total. The molecule has 1 radical (unpaired) electrons. The summed E-state index contributed by atoms with van der Waals surface area (Å²) >= 11 is 0. The lowest BCUT2D eigenvalue weighted by molar-refractivity contribution is -0.383. The van der Waals surface area contributed by atoms with Gasteiger partial charge in [0.15, 0.2) is 5.82 Å². The summed E-state index contributed by atoms with van der Waals surface area (Å²) in [5.41, 5.74) is -0.227. The van der Waals surface area contributed by atoms with Crippen LogP contribution in [0.5, 0.6) is 0 Å². The Hall–Kier alpha value is -2.64. The fourth-order valence-corrected chi connectivity index (χ4v) is 1.82. The number of aromatic nitrogens is 1. The first-order valence-corrected chi connectivity index (χ1v) is 5.82. The number of para-hydroxylation sites is 1. The Morgan fingerprint density at radius 2 is 2.19 bits per heavy atom. The lowest BCUT2D eigenvalue weighted by Crippen LogP contribution is -2.11. The molecule has 0 aliphatic carbocycles. The van der Waals surface area contributed by atoms with Crippen LogP contribution in [0.1, 0.15) is 0 Å². The van der Waals surface area contributed by atoms with Gasteiger partial charge in [0.2, 0.25) is 0 Å². The summed E-state index contributed by atoms with van der Waals surface area (Å²) < 4.78 is 37.6. The average Bonchev–Trinajstić information content (AvgIpc) is 2.44. The summed E-state index contributed by atoms with van der Waals surface area (Å²) in [4.78, 5) is 14.0. The number of anilines is 1. The van der Waals surface area contributed by atoms with Crippen LogP contribution in [0.4, 0.5) is 24.5 Å². The molecule has 0 bridgehead atoms. The second-order valence-corrected chi connectivity index (χ2v) is 4.05. The van der Waals surface area contributed by atoms with Crippen LogP contribution >= 0.6 is 0 Å². The van der Waals surface area contributed by atoms with Crippen molar-refractivity contribution in [2.24, 2.45) is 0 Å². The van der Waals surface area contributed by atoms with Crippen molar-refractivity contribution in [3.8, 4) is 11.1 Å². The van der Waals surface area contributed by atoms with Crippen LogP contribution in [-0.4, -0.2) is 22.9 Å². The highest BCUT2D eigenvalue weighted by Crippen LogP contribution is 2.36. The monoisotopic (exact) mass is 296 g/mol. The summed E-state index contributed by atoms with van der Waals surface area (Å²) in [6.07, 6.45) is 0.600. The minimum atomic E-state index is -2.65. The quantitative estimate of drug-likeness (QED) is 0.679. The average molecular weight is 296 g/mol. The lowest BCUT2D eigenvalue weighted by atomic mass is 10.0. The zero-order valence-corrected chi connectivity index (χ0v) is 10.5. The Labute approximate surface area is 117 Å². The number of halogens is 3. The van der Waals surface area contributed by atoms with Gasteiger partial charge in [-0.15, -0.1) is 0 Å². The number of benzene rings is 1. The van der Waals surface area contributed by atoms with E-state index in [9.17, 15) is 23.3 Å². The van der Waals surface area contributed by atoms with Crippen LogP contribution in [0.15, 0.2) is 30.5 Å². The van der Waals surface area contributed by atoms with Gasteiger partial charge < -0.3 is 5.32 Å². The molecule has 0 aliphatic heterocycles. The highest BCUT2D eigenvalue weighted by atomic mass is 19.3. The number of pyridine rings is 1. The standard InChI is InChI=1S/C13H9F3N3O2/c14-9-4-8(5-17-6-9)10-2-1-3-11(13(10)19(20)21)18-7-12(15)16/h1-5,12,18H,7H2. The maximum absolute atomic E-state index is 13.1. The Kier molecular flexibility index (Phi) is 4.36. The topological polar surface area (TPSA) is 68.1 Å². The molecule has 2 rings (SSSR count). The Morgan fingerprint density at radius 3 is 2.81 bits per heavy atom. The maximum atomic E-state index is 13.1. The second kappa shape index (κ2) is 6.21.